The second-order valence-electron chi connectivity index (χ2n) is 6.47. The molecule has 6 heteroatoms. The Morgan fingerprint density at radius 2 is 1.92 bits per heavy atom. The van der Waals surface area contributed by atoms with Gasteiger partial charge in [-0.2, -0.15) is 0 Å². The number of piperazine rings is 3. The Morgan fingerprint density at radius 1 is 1.17 bits per heavy atom. The van der Waals surface area contributed by atoms with Crippen LogP contribution in [0.25, 0.3) is 0 Å². The van der Waals surface area contributed by atoms with E-state index in [4.69, 9.17) is 4.74 Å². The largest absolute Gasteiger partial charge is 0.497 e. The molecule has 2 N–H and O–H groups in total. The van der Waals surface area contributed by atoms with Crippen LogP contribution >= 0.6 is 0 Å². The molecule has 3 aliphatic rings. The average molecular weight is 331 g/mol. The minimum absolute atomic E-state index is 0.604. The number of fused-ring (bicyclic) bond motifs is 3. The third-order valence-electron chi connectivity index (χ3n) is 4.99. The van der Waals surface area contributed by atoms with Crippen LogP contribution in [0.4, 0.5) is 0 Å². The van der Waals surface area contributed by atoms with Gasteiger partial charge >= 0.3 is 0 Å². The molecule has 0 aliphatic carbocycles. The lowest BCUT2D eigenvalue weighted by Crippen LogP contribution is -2.63. The van der Waals surface area contributed by atoms with Crippen molar-refractivity contribution in [3.63, 3.8) is 0 Å². The summed E-state index contributed by atoms with van der Waals surface area (Å²) in [4.78, 5) is 9.49. The van der Waals surface area contributed by atoms with Crippen molar-refractivity contribution in [2.75, 3.05) is 60.0 Å². The van der Waals surface area contributed by atoms with Crippen LogP contribution in [-0.2, 0) is 6.42 Å². The molecule has 4 rings (SSSR count). The van der Waals surface area contributed by atoms with Crippen LogP contribution in [0.1, 0.15) is 5.56 Å². The lowest BCUT2D eigenvalue weighted by atomic mass is 10.1. The molecular formula is C18H29N5O. The highest BCUT2D eigenvalue weighted by Crippen LogP contribution is 2.14. The van der Waals surface area contributed by atoms with Crippen molar-refractivity contribution in [3.8, 4) is 5.75 Å². The smallest absolute Gasteiger partial charge is 0.191 e. The van der Waals surface area contributed by atoms with E-state index < -0.39 is 0 Å². The lowest BCUT2D eigenvalue weighted by molar-refractivity contribution is 0.0154. The number of ether oxygens (including phenoxy) is 1. The summed E-state index contributed by atoms with van der Waals surface area (Å²) in [6.45, 7) is 7.86. The molecule has 0 spiro atoms. The second-order valence-corrected chi connectivity index (χ2v) is 6.47. The average Bonchev–Trinajstić information content (AvgIpc) is 2.66. The van der Waals surface area contributed by atoms with Crippen molar-refractivity contribution in [1.29, 1.82) is 0 Å². The monoisotopic (exact) mass is 331 g/mol. The molecule has 1 aromatic carbocycles. The Labute approximate surface area is 144 Å². The van der Waals surface area contributed by atoms with Crippen LogP contribution in [0.15, 0.2) is 29.3 Å². The van der Waals surface area contributed by atoms with Crippen LogP contribution in [-0.4, -0.2) is 81.8 Å². The molecule has 0 saturated carbocycles. The molecule has 3 fully saturated rings. The Kier molecular flexibility index (Phi) is 5.93. The van der Waals surface area contributed by atoms with Crippen LogP contribution in [0.3, 0.4) is 0 Å². The summed E-state index contributed by atoms with van der Waals surface area (Å²) in [6.07, 6.45) is 0.966. The molecule has 0 amide bonds. The first-order valence-corrected chi connectivity index (χ1v) is 8.82. The quantitative estimate of drug-likeness (QED) is 0.584. The van der Waals surface area contributed by atoms with Crippen molar-refractivity contribution >= 4 is 5.96 Å². The van der Waals surface area contributed by atoms with Gasteiger partial charge in [0.2, 0.25) is 0 Å². The van der Waals surface area contributed by atoms with Crippen molar-refractivity contribution in [2.24, 2.45) is 4.99 Å². The zero-order valence-electron chi connectivity index (χ0n) is 14.8. The Morgan fingerprint density at radius 3 is 2.50 bits per heavy atom. The molecule has 2 bridgehead atoms. The molecule has 3 saturated heterocycles. The summed E-state index contributed by atoms with van der Waals surface area (Å²) < 4.78 is 5.19. The molecule has 24 heavy (non-hydrogen) atoms. The van der Waals surface area contributed by atoms with E-state index >= 15 is 0 Å². The van der Waals surface area contributed by atoms with Gasteiger partial charge in [0.1, 0.15) is 5.75 Å². The van der Waals surface area contributed by atoms with Gasteiger partial charge in [-0.15, -0.1) is 0 Å². The molecule has 6 nitrogen and oxygen atoms in total. The third kappa shape index (κ3) is 4.39. The molecule has 0 radical (unpaired) electrons. The van der Waals surface area contributed by atoms with Gasteiger partial charge in [-0.25, -0.2) is 0 Å². The van der Waals surface area contributed by atoms with Crippen LogP contribution < -0.4 is 15.4 Å². The van der Waals surface area contributed by atoms with Gasteiger partial charge in [0.25, 0.3) is 0 Å². The van der Waals surface area contributed by atoms with E-state index in [2.05, 4.69) is 37.6 Å². The summed E-state index contributed by atoms with van der Waals surface area (Å²) in [5.74, 6) is 1.79. The molecule has 132 valence electrons. The summed E-state index contributed by atoms with van der Waals surface area (Å²) in [6, 6.07) is 8.83. The van der Waals surface area contributed by atoms with Gasteiger partial charge in [-0.1, -0.05) is 12.1 Å². The first kappa shape index (κ1) is 17.0. The summed E-state index contributed by atoms with van der Waals surface area (Å²) >= 11 is 0. The number of guanidine groups is 1. The number of nitrogens with zero attached hydrogens (tertiary/aromatic N) is 3. The number of benzene rings is 1. The van der Waals surface area contributed by atoms with E-state index in [0.29, 0.717) is 6.04 Å². The van der Waals surface area contributed by atoms with Crippen molar-refractivity contribution in [3.05, 3.63) is 29.8 Å². The maximum Gasteiger partial charge on any atom is 0.191 e. The van der Waals surface area contributed by atoms with E-state index in [1.165, 1.54) is 38.3 Å². The summed E-state index contributed by atoms with van der Waals surface area (Å²) in [5.41, 5.74) is 1.29. The maximum atomic E-state index is 5.19. The minimum Gasteiger partial charge on any atom is -0.497 e. The van der Waals surface area contributed by atoms with Crippen LogP contribution in [0.2, 0.25) is 0 Å². The maximum absolute atomic E-state index is 5.19. The third-order valence-corrected chi connectivity index (χ3v) is 4.99. The van der Waals surface area contributed by atoms with E-state index in [1.54, 1.807) is 7.11 Å². The Balaban J connectivity index is 1.38. The van der Waals surface area contributed by atoms with Gasteiger partial charge in [0.05, 0.1) is 7.11 Å². The van der Waals surface area contributed by atoms with Crippen molar-refractivity contribution in [1.82, 2.24) is 20.4 Å². The number of rotatable bonds is 6. The molecule has 1 aromatic rings. The molecule has 1 atom stereocenters. The van der Waals surface area contributed by atoms with E-state index in [0.717, 1.165) is 31.2 Å². The van der Waals surface area contributed by atoms with Gasteiger partial charge in [0.15, 0.2) is 5.96 Å². The molecule has 1 unspecified atom stereocenters. The highest BCUT2D eigenvalue weighted by atomic mass is 16.5. The first-order chi connectivity index (χ1) is 11.8. The fourth-order valence-corrected chi connectivity index (χ4v) is 3.47. The lowest BCUT2D eigenvalue weighted by Gasteiger charge is -2.47. The zero-order valence-corrected chi connectivity index (χ0v) is 14.8. The SMILES string of the molecule is CN=C(NCCc1ccc(OC)cc1)NCC1CN2CCN1CC2. The Bertz CT molecular complexity index is 537. The molecule has 3 aliphatic heterocycles. The molecule has 3 heterocycles. The predicted octanol–water partition coefficient (Wildman–Crippen LogP) is 0.403. The fourth-order valence-electron chi connectivity index (χ4n) is 3.47. The predicted molar refractivity (Wildman–Crippen MR) is 97.9 cm³/mol. The Hall–Kier alpha value is -1.79. The van der Waals surface area contributed by atoms with Gasteiger partial charge < -0.3 is 15.4 Å². The number of aliphatic imine (C=N–C) groups is 1. The number of methoxy groups -OCH3 is 1. The summed E-state index contributed by atoms with van der Waals surface area (Å²) in [7, 11) is 3.53. The number of hydrogen-bond donors (Lipinski definition) is 2. The zero-order chi connectivity index (χ0) is 16.8. The van der Waals surface area contributed by atoms with Crippen LogP contribution in [0, 0.1) is 0 Å². The van der Waals surface area contributed by atoms with Gasteiger partial charge in [-0.05, 0) is 24.1 Å². The van der Waals surface area contributed by atoms with E-state index in [9.17, 15) is 0 Å². The second kappa shape index (κ2) is 8.35. The standard InChI is InChI=1S/C18H29N5O/c1-19-18(20-8-7-15-3-5-17(24-2)6-4-15)21-13-16-14-22-9-11-23(16)12-10-22/h3-6,16H,7-14H2,1-2H3,(H2,19,20,21). The fraction of sp³-hybridized carbons (Fsp3) is 0.611. The highest BCUT2D eigenvalue weighted by molar-refractivity contribution is 5.79. The van der Waals surface area contributed by atoms with Crippen molar-refractivity contribution < 1.29 is 4.74 Å². The highest BCUT2D eigenvalue weighted by Gasteiger charge is 2.31. The first-order valence-electron chi connectivity index (χ1n) is 8.82. The number of nitrogens with one attached hydrogen (secondary N) is 2. The molecule has 0 aromatic heterocycles. The van der Waals surface area contributed by atoms with Gasteiger partial charge in [0, 0.05) is 58.9 Å². The summed E-state index contributed by atoms with van der Waals surface area (Å²) in [5, 5.41) is 6.88. The topological polar surface area (TPSA) is 52.1 Å². The van der Waals surface area contributed by atoms with Gasteiger partial charge in [-0.3, -0.25) is 14.8 Å². The molecular weight excluding hydrogens is 302 g/mol. The minimum atomic E-state index is 0.604. The van der Waals surface area contributed by atoms with Crippen molar-refractivity contribution in [2.45, 2.75) is 12.5 Å². The number of hydrogen-bond acceptors (Lipinski definition) is 4. The van der Waals surface area contributed by atoms with E-state index in [1.807, 2.05) is 19.2 Å². The normalized spacial score (nSPS) is 26.2. The van der Waals surface area contributed by atoms with E-state index in [-0.39, 0.29) is 0 Å². The van der Waals surface area contributed by atoms with Crippen LogP contribution in [0.5, 0.6) is 5.75 Å².